The van der Waals surface area contributed by atoms with E-state index < -0.39 is 10.9 Å². The van der Waals surface area contributed by atoms with E-state index in [1.54, 1.807) is 13.8 Å². The van der Waals surface area contributed by atoms with E-state index in [4.69, 9.17) is 9.47 Å². The third-order valence-corrected chi connectivity index (χ3v) is 5.27. The maximum absolute atomic E-state index is 11.4. The average Bonchev–Trinajstić information content (AvgIpc) is 2.73. The third-order valence-electron chi connectivity index (χ3n) is 5.27. The highest BCUT2D eigenvalue weighted by Crippen LogP contribution is 2.21. The molecule has 10 heteroatoms. The minimum atomic E-state index is -1.34. The number of carboxylic acids is 1. The van der Waals surface area contributed by atoms with Gasteiger partial charge >= 0.3 is 11.9 Å². The van der Waals surface area contributed by atoms with Crippen LogP contribution >= 0.6 is 0 Å². The van der Waals surface area contributed by atoms with Gasteiger partial charge in [0.05, 0.1) is 23.5 Å². The van der Waals surface area contributed by atoms with Crippen LogP contribution in [0.5, 0.6) is 0 Å². The minimum absolute atomic E-state index is 0.0689. The molecule has 1 aromatic rings. The van der Waals surface area contributed by atoms with Gasteiger partial charge in [0.15, 0.2) is 0 Å². The molecule has 0 fully saturated rings. The molecule has 1 aromatic carbocycles. The molecular formula is C24H34N2O8. The number of ether oxygens (including phenoxy) is 2. The van der Waals surface area contributed by atoms with Gasteiger partial charge in [-0.05, 0) is 52.3 Å². The molecule has 0 unspecified atom stereocenters. The Hall–Kier alpha value is -3.53. The van der Waals surface area contributed by atoms with Crippen LogP contribution in [0, 0.1) is 10.1 Å². The van der Waals surface area contributed by atoms with Crippen molar-refractivity contribution in [2.75, 3.05) is 33.4 Å². The minimum Gasteiger partial charge on any atom is -0.545 e. The SMILES string of the molecule is C=C(C)C(=O)OCC[N+](C)(CCOC(=O)C(=C)C)C(C)(C)C.O=C([O-])c1ccc([N+](=O)[O-])cc1. The first-order valence-electron chi connectivity index (χ1n) is 10.5. The summed E-state index contributed by atoms with van der Waals surface area (Å²) in [6.45, 7) is 18.5. The zero-order chi connectivity index (χ0) is 26.7. The topological polar surface area (TPSA) is 136 Å². The molecule has 0 aromatic heterocycles. The van der Waals surface area contributed by atoms with Crippen molar-refractivity contribution in [1.29, 1.82) is 0 Å². The summed E-state index contributed by atoms with van der Waals surface area (Å²) < 4.78 is 11.0. The number of non-ortho nitro benzene ring substituents is 1. The van der Waals surface area contributed by atoms with Crippen molar-refractivity contribution in [3.63, 3.8) is 0 Å². The predicted octanol–water partition coefficient (Wildman–Crippen LogP) is 2.43. The zero-order valence-corrected chi connectivity index (χ0v) is 20.7. The Bertz CT molecular complexity index is 849. The van der Waals surface area contributed by atoms with E-state index in [1.165, 1.54) is 0 Å². The Morgan fingerprint density at radius 2 is 1.32 bits per heavy atom. The standard InChI is InChI=1S/C17H30NO4.C7H5NO4/c1-13(2)15(19)21-11-9-18(8,17(5,6)7)10-12-22-16(20)14(3)4;9-7(10)5-1-3-6(4-2-5)8(11)12/h1,3,9-12H2,2,4-8H3;1-4H,(H,9,10)/q+1;/p-1. The van der Waals surface area contributed by atoms with E-state index in [9.17, 15) is 29.6 Å². The van der Waals surface area contributed by atoms with Gasteiger partial charge < -0.3 is 23.9 Å². The van der Waals surface area contributed by atoms with Crippen molar-refractivity contribution in [3.8, 4) is 0 Å². The molecule has 0 saturated carbocycles. The summed E-state index contributed by atoms with van der Waals surface area (Å²) in [7, 11) is 2.06. The summed E-state index contributed by atoms with van der Waals surface area (Å²) in [4.78, 5) is 42.6. The lowest BCUT2D eigenvalue weighted by Gasteiger charge is -2.45. The molecule has 0 radical (unpaired) electrons. The molecule has 0 heterocycles. The van der Waals surface area contributed by atoms with Gasteiger partial charge in [0.2, 0.25) is 0 Å². The number of hydrogen-bond acceptors (Lipinski definition) is 8. The molecule has 0 aliphatic heterocycles. The number of carbonyl (C=O) groups excluding carboxylic acids is 3. The fraction of sp³-hybridized carbons (Fsp3) is 0.458. The Balaban J connectivity index is 0.000000757. The van der Waals surface area contributed by atoms with E-state index >= 15 is 0 Å². The summed E-state index contributed by atoms with van der Waals surface area (Å²) in [5, 5.41) is 20.3. The van der Waals surface area contributed by atoms with Gasteiger partial charge in [-0.3, -0.25) is 10.1 Å². The molecule has 188 valence electrons. The number of quaternary nitrogens is 1. The smallest absolute Gasteiger partial charge is 0.333 e. The monoisotopic (exact) mass is 478 g/mol. The van der Waals surface area contributed by atoms with Crippen LogP contribution in [0.1, 0.15) is 45.0 Å². The van der Waals surface area contributed by atoms with Gasteiger partial charge in [0.1, 0.15) is 26.3 Å². The normalized spacial score (nSPS) is 10.9. The Morgan fingerprint density at radius 1 is 0.941 bits per heavy atom. The van der Waals surface area contributed by atoms with Gasteiger partial charge in [-0.15, -0.1) is 0 Å². The van der Waals surface area contributed by atoms with Crippen molar-refractivity contribution in [3.05, 3.63) is 64.2 Å². The number of nitro benzene ring substituents is 1. The molecule has 0 saturated heterocycles. The zero-order valence-electron chi connectivity index (χ0n) is 20.7. The average molecular weight is 479 g/mol. The second-order valence-corrected chi connectivity index (χ2v) is 8.94. The summed E-state index contributed by atoms with van der Waals surface area (Å²) in [6, 6.07) is 4.50. The van der Waals surface area contributed by atoms with Crippen LogP contribution in [-0.4, -0.2) is 66.2 Å². The lowest BCUT2D eigenvalue weighted by molar-refractivity contribution is -0.953. The first-order chi connectivity index (χ1) is 15.5. The van der Waals surface area contributed by atoms with Crippen LogP contribution in [0.25, 0.3) is 0 Å². The van der Waals surface area contributed by atoms with E-state index in [1.807, 2.05) is 0 Å². The molecule has 34 heavy (non-hydrogen) atoms. The molecule has 10 nitrogen and oxygen atoms in total. The Kier molecular flexibility index (Phi) is 11.9. The lowest BCUT2D eigenvalue weighted by Crippen LogP contribution is -2.60. The third kappa shape index (κ3) is 10.4. The first kappa shape index (κ1) is 30.5. The number of likely N-dealkylation sites (N-methyl/N-ethyl adjacent to an activating group) is 1. The van der Waals surface area contributed by atoms with Crippen LogP contribution in [0.3, 0.4) is 0 Å². The highest BCUT2D eigenvalue weighted by Gasteiger charge is 2.36. The molecule has 0 spiro atoms. The number of hydrogen-bond donors (Lipinski definition) is 0. The van der Waals surface area contributed by atoms with Crippen LogP contribution < -0.4 is 5.11 Å². The molecular weight excluding hydrogens is 444 g/mol. The maximum Gasteiger partial charge on any atom is 0.333 e. The van der Waals surface area contributed by atoms with Gasteiger partial charge in [-0.2, -0.15) is 0 Å². The van der Waals surface area contributed by atoms with E-state index in [-0.39, 0.29) is 28.7 Å². The lowest BCUT2D eigenvalue weighted by atomic mass is 10.0. The molecule has 0 bridgehead atoms. The van der Waals surface area contributed by atoms with Crippen molar-refractivity contribution < 1.29 is 38.4 Å². The van der Waals surface area contributed by atoms with Crippen LogP contribution in [-0.2, 0) is 19.1 Å². The highest BCUT2D eigenvalue weighted by molar-refractivity contribution is 5.87. The van der Waals surface area contributed by atoms with E-state index in [0.717, 1.165) is 24.3 Å². The van der Waals surface area contributed by atoms with Gasteiger partial charge in [-0.25, -0.2) is 9.59 Å². The number of nitrogens with zero attached hydrogens (tertiary/aromatic N) is 2. The van der Waals surface area contributed by atoms with Crippen molar-refractivity contribution in [1.82, 2.24) is 0 Å². The summed E-state index contributed by atoms with van der Waals surface area (Å²) in [6.07, 6.45) is 0. The largest absolute Gasteiger partial charge is 0.545 e. The fourth-order valence-corrected chi connectivity index (χ4v) is 2.43. The van der Waals surface area contributed by atoms with Crippen molar-refractivity contribution >= 4 is 23.6 Å². The van der Waals surface area contributed by atoms with Crippen LogP contribution in [0.2, 0.25) is 0 Å². The number of aromatic carboxylic acids is 1. The van der Waals surface area contributed by atoms with Crippen molar-refractivity contribution in [2.45, 2.75) is 40.2 Å². The van der Waals surface area contributed by atoms with E-state index in [2.05, 4.69) is 41.0 Å². The Morgan fingerprint density at radius 3 is 1.59 bits per heavy atom. The van der Waals surface area contributed by atoms with Gasteiger partial charge in [0.25, 0.3) is 5.69 Å². The molecule has 0 aliphatic rings. The predicted molar refractivity (Wildman–Crippen MR) is 125 cm³/mol. The van der Waals surface area contributed by atoms with Gasteiger partial charge in [0, 0.05) is 23.3 Å². The summed E-state index contributed by atoms with van der Waals surface area (Å²) in [5.41, 5.74) is 0.493. The van der Waals surface area contributed by atoms with Crippen LogP contribution in [0.4, 0.5) is 5.69 Å². The quantitative estimate of drug-likeness (QED) is 0.164. The maximum atomic E-state index is 11.4. The number of benzene rings is 1. The van der Waals surface area contributed by atoms with E-state index in [0.29, 0.717) is 41.9 Å². The molecule has 1 rings (SSSR count). The molecule has 0 aliphatic carbocycles. The number of rotatable bonds is 10. The molecule has 0 amide bonds. The van der Waals surface area contributed by atoms with Crippen LogP contribution in [0.15, 0.2) is 48.6 Å². The second-order valence-electron chi connectivity index (χ2n) is 8.94. The molecule has 0 atom stereocenters. The van der Waals surface area contributed by atoms with Crippen molar-refractivity contribution in [2.24, 2.45) is 0 Å². The number of carbonyl (C=O) groups is 3. The highest BCUT2D eigenvalue weighted by atomic mass is 16.6. The number of nitro groups is 1. The fourth-order valence-electron chi connectivity index (χ4n) is 2.43. The Labute approximate surface area is 200 Å². The number of esters is 2. The first-order valence-corrected chi connectivity index (χ1v) is 10.5. The molecule has 0 N–H and O–H groups in total. The van der Waals surface area contributed by atoms with Gasteiger partial charge in [-0.1, -0.05) is 13.2 Å². The second kappa shape index (κ2) is 13.2. The summed E-state index contributed by atoms with van der Waals surface area (Å²) >= 11 is 0. The number of carboxylic acid groups (broad SMARTS) is 1. The summed E-state index contributed by atoms with van der Waals surface area (Å²) in [5.74, 6) is -2.10.